The van der Waals surface area contributed by atoms with Crippen molar-refractivity contribution in [2.45, 2.75) is 46.5 Å². The maximum atomic E-state index is 2.48. The van der Waals surface area contributed by atoms with E-state index in [2.05, 4.69) is 20.8 Å². The molecule has 2 atom stereocenters. The molecule has 0 saturated heterocycles. The fourth-order valence-corrected chi connectivity index (χ4v) is 3.33. The van der Waals surface area contributed by atoms with Crippen LogP contribution in [0.2, 0.25) is 0 Å². The quantitative estimate of drug-likeness (QED) is 0.522. The van der Waals surface area contributed by atoms with Crippen LogP contribution in [0.15, 0.2) is 0 Å². The average Bonchev–Trinajstić information content (AvgIpc) is 2.32. The molecule has 10 heavy (non-hydrogen) atoms. The largest absolute Gasteiger partial charge is 0.0648 e. The number of hydrogen-bond acceptors (Lipinski definition) is 0. The van der Waals surface area contributed by atoms with Gasteiger partial charge in [0.25, 0.3) is 0 Å². The van der Waals surface area contributed by atoms with E-state index in [4.69, 9.17) is 0 Å². The molecule has 0 amide bonds. The first-order chi connectivity index (χ1) is 4.67. The lowest BCUT2D eigenvalue weighted by atomic mass is 9.74. The van der Waals surface area contributed by atoms with Crippen LogP contribution in [0.25, 0.3) is 0 Å². The van der Waals surface area contributed by atoms with Crippen molar-refractivity contribution in [2.75, 3.05) is 0 Å². The lowest BCUT2D eigenvalue weighted by Gasteiger charge is -2.30. The molecule has 2 fully saturated rings. The van der Waals surface area contributed by atoms with Gasteiger partial charge in [-0.15, -0.1) is 0 Å². The lowest BCUT2D eigenvalue weighted by Crippen LogP contribution is -2.19. The first-order valence-corrected chi connectivity index (χ1v) is 4.67. The van der Waals surface area contributed by atoms with Crippen LogP contribution in [0.5, 0.6) is 0 Å². The zero-order chi connectivity index (χ0) is 7.41. The van der Waals surface area contributed by atoms with E-state index in [9.17, 15) is 0 Å². The first kappa shape index (κ1) is 6.69. The predicted octanol–water partition coefficient (Wildman–Crippen LogP) is 3.22. The van der Waals surface area contributed by atoms with E-state index in [1.165, 1.54) is 25.7 Å². The van der Waals surface area contributed by atoms with Crippen molar-refractivity contribution in [1.29, 1.82) is 0 Å². The molecule has 58 valence electrons. The van der Waals surface area contributed by atoms with E-state index in [0.29, 0.717) is 0 Å². The summed E-state index contributed by atoms with van der Waals surface area (Å²) in [4.78, 5) is 0. The van der Waals surface area contributed by atoms with Gasteiger partial charge >= 0.3 is 0 Å². The van der Waals surface area contributed by atoms with Crippen LogP contribution in [0.1, 0.15) is 46.5 Å². The van der Waals surface area contributed by atoms with Crippen molar-refractivity contribution in [2.24, 2.45) is 16.7 Å². The maximum Gasteiger partial charge on any atom is -0.0210 e. The van der Waals surface area contributed by atoms with E-state index in [1.807, 2.05) is 0 Å². The van der Waals surface area contributed by atoms with Gasteiger partial charge in [-0.1, -0.05) is 27.2 Å². The molecule has 2 rings (SSSR count). The minimum atomic E-state index is 0.741. The van der Waals surface area contributed by atoms with Gasteiger partial charge in [-0.25, -0.2) is 0 Å². The monoisotopic (exact) mass is 138 g/mol. The molecule has 1 spiro atoms. The molecule has 0 aromatic carbocycles. The third kappa shape index (κ3) is 0.436. The van der Waals surface area contributed by atoms with Gasteiger partial charge in [-0.05, 0) is 36.0 Å². The molecule has 0 bridgehead atoms. The Morgan fingerprint density at radius 1 is 1.40 bits per heavy atom. The minimum absolute atomic E-state index is 0.741. The first-order valence-electron chi connectivity index (χ1n) is 4.67. The van der Waals surface area contributed by atoms with Crippen LogP contribution in [-0.2, 0) is 0 Å². The van der Waals surface area contributed by atoms with Crippen LogP contribution in [0.4, 0.5) is 0 Å². The van der Waals surface area contributed by atoms with Crippen molar-refractivity contribution in [3.05, 3.63) is 0 Å². The van der Waals surface area contributed by atoms with Gasteiger partial charge in [0.05, 0.1) is 0 Å². The molecule has 0 radical (unpaired) electrons. The highest BCUT2D eigenvalue weighted by Gasteiger charge is 2.71. The molecule has 0 nitrogen and oxygen atoms in total. The van der Waals surface area contributed by atoms with E-state index in [0.717, 1.165) is 16.7 Å². The zero-order valence-electron chi connectivity index (χ0n) is 7.41. The Morgan fingerprint density at radius 2 is 2.00 bits per heavy atom. The Labute approximate surface area is 64.0 Å². The van der Waals surface area contributed by atoms with Gasteiger partial charge in [-0.3, -0.25) is 0 Å². The lowest BCUT2D eigenvalue weighted by molar-refractivity contribution is 0.203. The molecular weight excluding hydrogens is 120 g/mol. The second-order valence-electron chi connectivity index (χ2n) is 4.50. The van der Waals surface area contributed by atoms with Crippen molar-refractivity contribution in [3.8, 4) is 0 Å². The molecule has 0 heteroatoms. The highest BCUT2D eigenvalue weighted by atomic mass is 14.8. The summed E-state index contributed by atoms with van der Waals surface area (Å²) in [5, 5.41) is 0. The summed E-state index contributed by atoms with van der Waals surface area (Å²) >= 11 is 0. The number of rotatable bonds is 1. The standard InChI is InChI=1S/C10H18/c1-4-9(3)8(2)10(9)6-5-7-10/h8H,4-7H2,1-3H3. The summed E-state index contributed by atoms with van der Waals surface area (Å²) in [7, 11) is 0. The summed E-state index contributed by atoms with van der Waals surface area (Å²) in [6.07, 6.45) is 5.95. The minimum Gasteiger partial charge on any atom is -0.0648 e. The van der Waals surface area contributed by atoms with Crippen molar-refractivity contribution >= 4 is 0 Å². The van der Waals surface area contributed by atoms with Gasteiger partial charge in [0, 0.05) is 0 Å². The fourth-order valence-electron chi connectivity index (χ4n) is 3.33. The van der Waals surface area contributed by atoms with Crippen LogP contribution >= 0.6 is 0 Å². The van der Waals surface area contributed by atoms with E-state index >= 15 is 0 Å². The molecule has 0 heterocycles. The van der Waals surface area contributed by atoms with Crippen LogP contribution < -0.4 is 0 Å². The van der Waals surface area contributed by atoms with Crippen LogP contribution in [0.3, 0.4) is 0 Å². The second kappa shape index (κ2) is 1.60. The Balaban J connectivity index is 2.16. The second-order valence-corrected chi connectivity index (χ2v) is 4.50. The van der Waals surface area contributed by atoms with Crippen LogP contribution in [0, 0.1) is 16.7 Å². The Kier molecular flexibility index (Phi) is 1.07. The third-order valence-corrected chi connectivity index (χ3v) is 4.82. The Morgan fingerprint density at radius 3 is 2.10 bits per heavy atom. The summed E-state index contributed by atoms with van der Waals surface area (Å²) in [6.45, 7) is 7.28. The molecule has 2 saturated carbocycles. The maximum absolute atomic E-state index is 2.48. The molecule has 2 aliphatic rings. The fraction of sp³-hybridized carbons (Fsp3) is 1.00. The molecule has 0 aliphatic heterocycles. The molecular formula is C10H18. The van der Waals surface area contributed by atoms with Crippen molar-refractivity contribution in [1.82, 2.24) is 0 Å². The SMILES string of the molecule is CCC1(C)C(C)C12CCC2. The predicted molar refractivity (Wildman–Crippen MR) is 43.8 cm³/mol. The summed E-state index contributed by atoms with van der Waals surface area (Å²) in [5.41, 5.74) is 1.58. The van der Waals surface area contributed by atoms with Gasteiger partial charge in [-0.2, -0.15) is 0 Å². The average molecular weight is 138 g/mol. The van der Waals surface area contributed by atoms with Gasteiger partial charge < -0.3 is 0 Å². The van der Waals surface area contributed by atoms with Crippen molar-refractivity contribution in [3.63, 3.8) is 0 Å². The molecule has 2 aliphatic carbocycles. The van der Waals surface area contributed by atoms with Gasteiger partial charge in [0.15, 0.2) is 0 Å². The zero-order valence-corrected chi connectivity index (χ0v) is 7.41. The highest BCUT2D eigenvalue weighted by molar-refractivity contribution is 5.20. The summed E-state index contributed by atoms with van der Waals surface area (Å²) in [6, 6.07) is 0. The molecule has 0 aromatic heterocycles. The summed E-state index contributed by atoms with van der Waals surface area (Å²) in [5.74, 6) is 1.03. The van der Waals surface area contributed by atoms with Gasteiger partial charge in [0.2, 0.25) is 0 Å². The normalized spacial score (nSPS) is 48.9. The number of hydrogen-bond donors (Lipinski definition) is 0. The smallest absolute Gasteiger partial charge is 0.0210 e. The van der Waals surface area contributed by atoms with Gasteiger partial charge in [0.1, 0.15) is 0 Å². The topological polar surface area (TPSA) is 0 Å². The third-order valence-electron chi connectivity index (χ3n) is 4.82. The van der Waals surface area contributed by atoms with E-state index in [1.54, 1.807) is 0 Å². The van der Waals surface area contributed by atoms with Crippen LogP contribution in [-0.4, -0.2) is 0 Å². The Hall–Kier alpha value is 0. The summed E-state index contributed by atoms with van der Waals surface area (Å²) < 4.78 is 0. The Bertz CT molecular complexity index is 146. The molecule has 0 N–H and O–H groups in total. The van der Waals surface area contributed by atoms with Crippen molar-refractivity contribution < 1.29 is 0 Å². The molecule has 0 aromatic rings. The van der Waals surface area contributed by atoms with E-state index in [-0.39, 0.29) is 0 Å². The highest BCUT2D eigenvalue weighted by Crippen LogP contribution is 2.79. The molecule has 2 unspecified atom stereocenters. The van der Waals surface area contributed by atoms with E-state index < -0.39 is 0 Å².